The molecule has 0 saturated heterocycles. The lowest BCUT2D eigenvalue weighted by Crippen LogP contribution is -2.42. The topological polar surface area (TPSA) is 115 Å². The molecule has 0 bridgehead atoms. The van der Waals surface area contributed by atoms with Crippen LogP contribution in [0, 0.1) is 5.82 Å². The second kappa shape index (κ2) is 6.04. The summed E-state index contributed by atoms with van der Waals surface area (Å²) in [6, 6.07) is 1.61. The van der Waals surface area contributed by atoms with Gasteiger partial charge in [0.2, 0.25) is 0 Å². The summed E-state index contributed by atoms with van der Waals surface area (Å²) >= 11 is 0. The van der Waals surface area contributed by atoms with Gasteiger partial charge in [-0.05, 0) is 18.2 Å². The molecular weight excluding hydrogens is 281 g/mol. The Kier molecular flexibility index (Phi) is 4.17. The first-order valence-electron chi connectivity index (χ1n) is 5.97. The number of nitrogens with one attached hydrogen (secondary N) is 2. The lowest BCUT2D eigenvalue weighted by atomic mass is 10.1. The summed E-state index contributed by atoms with van der Waals surface area (Å²) in [7, 11) is 0. The zero-order valence-corrected chi connectivity index (χ0v) is 10.7. The van der Waals surface area contributed by atoms with E-state index in [0.717, 1.165) is 18.2 Å². The van der Waals surface area contributed by atoms with Gasteiger partial charge in [0.1, 0.15) is 17.6 Å². The van der Waals surface area contributed by atoms with E-state index >= 15 is 0 Å². The number of phenols is 1. The van der Waals surface area contributed by atoms with Crippen molar-refractivity contribution in [3.05, 3.63) is 47.8 Å². The van der Waals surface area contributed by atoms with Crippen molar-refractivity contribution in [1.82, 2.24) is 15.3 Å². The molecule has 2 aromatic rings. The van der Waals surface area contributed by atoms with Gasteiger partial charge in [-0.15, -0.1) is 0 Å². The Labute approximate surface area is 118 Å². The van der Waals surface area contributed by atoms with E-state index in [9.17, 15) is 19.1 Å². The molecule has 0 spiro atoms. The third-order valence-electron chi connectivity index (χ3n) is 2.79. The highest BCUT2D eigenvalue weighted by atomic mass is 19.1. The number of imidazole rings is 1. The number of hydrogen-bond acceptors (Lipinski definition) is 4. The summed E-state index contributed by atoms with van der Waals surface area (Å²) < 4.78 is 13.1. The Bertz CT molecular complexity index is 657. The second-order valence-corrected chi connectivity index (χ2v) is 4.31. The average molecular weight is 293 g/mol. The highest BCUT2D eigenvalue weighted by Crippen LogP contribution is 2.18. The summed E-state index contributed by atoms with van der Waals surface area (Å²) in [4.78, 5) is 29.6. The van der Waals surface area contributed by atoms with Crippen LogP contribution >= 0.6 is 0 Å². The van der Waals surface area contributed by atoms with Crippen molar-refractivity contribution >= 4 is 11.9 Å². The molecule has 0 aliphatic rings. The smallest absolute Gasteiger partial charge is 0.326 e. The van der Waals surface area contributed by atoms with E-state index in [1.807, 2.05) is 0 Å². The van der Waals surface area contributed by atoms with Crippen LogP contribution in [0.2, 0.25) is 0 Å². The van der Waals surface area contributed by atoms with Crippen LogP contribution < -0.4 is 5.32 Å². The van der Waals surface area contributed by atoms with Gasteiger partial charge in [-0.1, -0.05) is 0 Å². The predicted octanol–water partition coefficient (Wildman–Crippen LogP) is 0.680. The fourth-order valence-electron chi connectivity index (χ4n) is 1.74. The van der Waals surface area contributed by atoms with Crippen molar-refractivity contribution in [2.45, 2.75) is 12.5 Å². The van der Waals surface area contributed by atoms with Crippen molar-refractivity contribution in [2.75, 3.05) is 0 Å². The number of benzene rings is 1. The number of nitrogens with zero attached hydrogens (tertiary/aromatic N) is 1. The Balaban J connectivity index is 2.14. The average Bonchev–Trinajstić information content (AvgIpc) is 2.93. The van der Waals surface area contributed by atoms with Crippen molar-refractivity contribution in [3.63, 3.8) is 0 Å². The fourth-order valence-corrected chi connectivity index (χ4v) is 1.74. The van der Waals surface area contributed by atoms with Crippen LogP contribution in [0.5, 0.6) is 5.75 Å². The molecule has 0 radical (unpaired) electrons. The molecule has 7 nitrogen and oxygen atoms in total. The monoisotopic (exact) mass is 293 g/mol. The number of aromatic nitrogens is 2. The molecule has 110 valence electrons. The quantitative estimate of drug-likeness (QED) is 0.647. The number of carbonyl (C=O) groups is 2. The number of amides is 1. The highest BCUT2D eigenvalue weighted by molar-refractivity contribution is 5.98. The third-order valence-corrected chi connectivity index (χ3v) is 2.79. The molecule has 1 amide bonds. The van der Waals surface area contributed by atoms with E-state index in [1.54, 1.807) is 0 Å². The van der Waals surface area contributed by atoms with Crippen molar-refractivity contribution < 1.29 is 24.2 Å². The zero-order chi connectivity index (χ0) is 15.4. The summed E-state index contributed by atoms with van der Waals surface area (Å²) in [5.41, 5.74) is 0.192. The molecule has 1 atom stereocenters. The van der Waals surface area contributed by atoms with E-state index in [4.69, 9.17) is 5.11 Å². The Hall–Kier alpha value is -2.90. The van der Waals surface area contributed by atoms with E-state index in [0.29, 0.717) is 5.69 Å². The summed E-state index contributed by atoms with van der Waals surface area (Å²) in [6.45, 7) is 0. The largest absolute Gasteiger partial charge is 0.507 e. The van der Waals surface area contributed by atoms with Crippen LogP contribution in [0.15, 0.2) is 30.7 Å². The molecule has 1 aromatic carbocycles. The molecule has 0 aliphatic carbocycles. The van der Waals surface area contributed by atoms with E-state index in [-0.39, 0.29) is 12.0 Å². The van der Waals surface area contributed by atoms with E-state index < -0.39 is 29.5 Å². The van der Waals surface area contributed by atoms with Crippen molar-refractivity contribution in [1.29, 1.82) is 0 Å². The fraction of sp³-hybridized carbons (Fsp3) is 0.154. The van der Waals surface area contributed by atoms with Gasteiger partial charge < -0.3 is 20.5 Å². The van der Waals surface area contributed by atoms with Crippen molar-refractivity contribution in [2.24, 2.45) is 0 Å². The summed E-state index contributed by atoms with van der Waals surface area (Å²) in [5.74, 6) is -3.27. The molecule has 8 heteroatoms. The summed E-state index contributed by atoms with van der Waals surface area (Å²) in [5, 5.41) is 20.9. The van der Waals surface area contributed by atoms with Gasteiger partial charge in [-0.2, -0.15) is 0 Å². The molecule has 1 heterocycles. The summed E-state index contributed by atoms with van der Waals surface area (Å²) in [6.07, 6.45) is 2.80. The highest BCUT2D eigenvalue weighted by Gasteiger charge is 2.23. The molecule has 2 rings (SSSR count). The number of carboxylic acid groups (broad SMARTS) is 1. The number of aromatic amines is 1. The van der Waals surface area contributed by atoms with Crippen LogP contribution in [-0.4, -0.2) is 38.1 Å². The van der Waals surface area contributed by atoms with Gasteiger partial charge in [0.05, 0.1) is 11.9 Å². The van der Waals surface area contributed by atoms with Crippen LogP contribution in [0.3, 0.4) is 0 Å². The maximum atomic E-state index is 13.1. The second-order valence-electron chi connectivity index (χ2n) is 4.31. The maximum Gasteiger partial charge on any atom is 0.326 e. The molecule has 4 N–H and O–H groups in total. The normalized spacial score (nSPS) is 11.9. The van der Waals surface area contributed by atoms with Gasteiger partial charge in [0.25, 0.3) is 5.91 Å². The number of rotatable bonds is 5. The number of phenolic OH excluding ortho intramolecular Hbond substituents is 1. The number of hydrogen-bond donors (Lipinski definition) is 4. The molecule has 1 aromatic heterocycles. The predicted molar refractivity (Wildman–Crippen MR) is 69.2 cm³/mol. The lowest BCUT2D eigenvalue weighted by molar-refractivity contribution is -0.139. The van der Waals surface area contributed by atoms with Gasteiger partial charge in [-0.3, -0.25) is 4.79 Å². The number of H-pyrrole nitrogens is 1. The number of carboxylic acids is 1. The zero-order valence-electron chi connectivity index (χ0n) is 10.7. The molecule has 0 fully saturated rings. The molecule has 0 aliphatic heterocycles. The maximum absolute atomic E-state index is 13.1. The lowest BCUT2D eigenvalue weighted by Gasteiger charge is -2.14. The van der Waals surface area contributed by atoms with Crippen LogP contribution in [0.4, 0.5) is 4.39 Å². The van der Waals surface area contributed by atoms with Crippen LogP contribution in [0.25, 0.3) is 0 Å². The van der Waals surface area contributed by atoms with Gasteiger partial charge in [0, 0.05) is 18.3 Å². The van der Waals surface area contributed by atoms with E-state index in [2.05, 4.69) is 15.3 Å². The molecular formula is C13H12FN3O4. The minimum absolute atomic E-state index is 0.0167. The Morgan fingerprint density at radius 2 is 2.19 bits per heavy atom. The molecule has 1 unspecified atom stereocenters. The Morgan fingerprint density at radius 3 is 2.81 bits per heavy atom. The minimum Gasteiger partial charge on any atom is -0.507 e. The number of aromatic hydroxyl groups is 1. The van der Waals surface area contributed by atoms with E-state index in [1.165, 1.54) is 12.5 Å². The Morgan fingerprint density at radius 1 is 1.43 bits per heavy atom. The molecule has 0 saturated carbocycles. The standard InChI is InChI=1S/C13H12FN3O4/c14-7-1-2-11(18)9(3-7)12(19)17-10(13(20)21)4-8-5-15-6-16-8/h1-3,5-6,10,18H,4H2,(H,15,16)(H,17,19)(H,20,21). The number of halogens is 1. The van der Waals surface area contributed by atoms with Crippen LogP contribution in [0.1, 0.15) is 16.1 Å². The first-order chi connectivity index (χ1) is 9.97. The van der Waals surface area contributed by atoms with Crippen molar-refractivity contribution in [3.8, 4) is 5.75 Å². The number of aliphatic carboxylic acids is 1. The first-order valence-corrected chi connectivity index (χ1v) is 5.97. The van der Waals surface area contributed by atoms with Gasteiger partial charge in [-0.25, -0.2) is 14.2 Å². The molecule has 21 heavy (non-hydrogen) atoms. The number of carbonyl (C=O) groups excluding carboxylic acids is 1. The van der Waals surface area contributed by atoms with Gasteiger partial charge >= 0.3 is 5.97 Å². The minimum atomic E-state index is -1.26. The third kappa shape index (κ3) is 3.56. The SMILES string of the molecule is O=C(NC(Cc1cnc[nH]1)C(=O)O)c1cc(F)ccc1O. The van der Waals surface area contributed by atoms with Crippen LogP contribution in [-0.2, 0) is 11.2 Å². The van der Waals surface area contributed by atoms with Gasteiger partial charge in [0.15, 0.2) is 0 Å². The first kappa shape index (κ1) is 14.5.